The number of benzene rings is 1. The van der Waals surface area contributed by atoms with E-state index in [-0.39, 0.29) is 54.2 Å². The highest BCUT2D eigenvalue weighted by Crippen LogP contribution is 2.41. The summed E-state index contributed by atoms with van der Waals surface area (Å²) in [4.78, 5) is 49.2. The summed E-state index contributed by atoms with van der Waals surface area (Å²) in [5.41, 5.74) is 2.70. The van der Waals surface area contributed by atoms with Crippen molar-refractivity contribution in [2.45, 2.75) is 51.3 Å². The van der Waals surface area contributed by atoms with Crippen molar-refractivity contribution in [1.82, 2.24) is 25.7 Å². The lowest BCUT2D eigenvalue weighted by atomic mass is 9.75. The van der Waals surface area contributed by atoms with Crippen molar-refractivity contribution < 1.29 is 24.3 Å². The van der Waals surface area contributed by atoms with E-state index in [1.54, 1.807) is 80.3 Å². The number of hydrogen-bond acceptors (Lipinski definition) is 7. The number of carbonyl (C=O) groups excluding carboxylic acids is 3. The number of ether oxygens (including phenoxy) is 1. The van der Waals surface area contributed by atoms with Crippen LogP contribution >= 0.6 is 23.2 Å². The lowest BCUT2D eigenvalue weighted by Crippen LogP contribution is -2.52. The van der Waals surface area contributed by atoms with Gasteiger partial charge in [-0.15, -0.1) is 0 Å². The molecule has 3 N–H and O–H groups in total. The zero-order valence-electron chi connectivity index (χ0n) is 22.6. The fourth-order valence-corrected chi connectivity index (χ4v) is 5.64. The number of carbonyl (C=O) groups is 3. The maximum atomic E-state index is 14.1. The number of hydrogen-bond donors (Lipinski definition) is 3. The molecule has 12 heteroatoms. The van der Waals surface area contributed by atoms with Crippen molar-refractivity contribution in [3.63, 3.8) is 0 Å². The largest absolute Gasteiger partial charge is 0.489 e. The second-order valence-electron chi connectivity index (χ2n) is 10.2. The Morgan fingerprint density at radius 3 is 2.34 bits per heavy atom. The molecule has 2 atom stereocenters. The fourth-order valence-electron chi connectivity index (χ4n) is 5.14. The molecule has 41 heavy (non-hydrogen) atoms. The van der Waals surface area contributed by atoms with Crippen molar-refractivity contribution in [2.24, 2.45) is 5.92 Å². The normalized spacial score (nSPS) is 17.4. The molecule has 10 nitrogen and oxygen atoms in total. The van der Waals surface area contributed by atoms with Crippen LogP contribution in [0.5, 0.6) is 5.75 Å². The highest BCUT2D eigenvalue weighted by molar-refractivity contribution is 6.32. The average molecular weight is 601 g/mol. The van der Waals surface area contributed by atoms with Crippen molar-refractivity contribution in [2.75, 3.05) is 6.54 Å². The van der Waals surface area contributed by atoms with Crippen LogP contribution in [0.2, 0.25) is 10.3 Å². The van der Waals surface area contributed by atoms with Gasteiger partial charge in [-0.2, -0.15) is 0 Å². The van der Waals surface area contributed by atoms with E-state index in [0.29, 0.717) is 17.7 Å². The van der Waals surface area contributed by atoms with Crippen LogP contribution in [-0.2, 0) is 33.0 Å². The molecule has 0 saturated carbocycles. The van der Waals surface area contributed by atoms with Gasteiger partial charge in [-0.3, -0.25) is 24.6 Å². The minimum atomic E-state index is -1.21. The Hall–Kier alpha value is -3.73. The van der Waals surface area contributed by atoms with E-state index in [4.69, 9.17) is 27.9 Å². The van der Waals surface area contributed by atoms with Crippen molar-refractivity contribution in [1.29, 1.82) is 0 Å². The number of nitrogens with zero attached hydrogens (tertiary/aromatic N) is 3. The number of halogens is 2. The molecular formula is C29H31Cl2N5O5. The Kier molecular flexibility index (Phi) is 9.80. The van der Waals surface area contributed by atoms with Gasteiger partial charge in [0, 0.05) is 31.9 Å². The van der Waals surface area contributed by atoms with Gasteiger partial charge < -0.3 is 15.0 Å². The van der Waals surface area contributed by atoms with Gasteiger partial charge in [0.05, 0.1) is 5.41 Å². The summed E-state index contributed by atoms with van der Waals surface area (Å²) < 4.78 is 5.88. The van der Waals surface area contributed by atoms with Crippen LogP contribution in [0.15, 0.2) is 60.9 Å². The highest BCUT2D eigenvalue weighted by atomic mass is 35.5. The molecule has 1 saturated heterocycles. The minimum Gasteiger partial charge on any atom is -0.489 e. The molecule has 2 unspecified atom stereocenters. The van der Waals surface area contributed by atoms with E-state index < -0.39 is 17.4 Å². The molecule has 3 aromatic rings. The molecule has 1 aromatic carbocycles. The lowest BCUT2D eigenvalue weighted by Gasteiger charge is -2.32. The number of aromatic nitrogens is 2. The molecule has 2 aromatic heterocycles. The molecular weight excluding hydrogens is 569 g/mol. The Morgan fingerprint density at radius 2 is 1.73 bits per heavy atom. The summed E-state index contributed by atoms with van der Waals surface area (Å²) in [6.07, 6.45) is 3.47. The quantitative estimate of drug-likeness (QED) is 0.172. The second kappa shape index (κ2) is 13.3. The lowest BCUT2D eigenvalue weighted by molar-refractivity contribution is -0.146. The van der Waals surface area contributed by atoms with E-state index >= 15 is 0 Å². The van der Waals surface area contributed by atoms with E-state index in [1.165, 1.54) is 4.90 Å². The molecule has 216 valence electrons. The van der Waals surface area contributed by atoms with Crippen LogP contribution in [0.25, 0.3) is 0 Å². The first-order valence-electron chi connectivity index (χ1n) is 13.1. The van der Waals surface area contributed by atoms with Crippen LogP contribution in [0.3, 0.4) is 0 Å². The topological polar surface area (TPSA) is 134 Å². The number of amides is 3. The summed E-state index contributed by atoms with van der Waals surface area (Å²) in [5, 5.41) is 12.7. The van der Waals surface area contributed by atoms with E-state index in [0.717, 1.165) is 11.1 Å². The monoisotopic (exact) mass is 599 g/mol. The van der Waals surface area contributed by atoms with Gasteiger partial charge in [0.1, 0.15) is 28.7 Å². The van der Waals surface area contributed by atoms with Crippen LogP contribution in [0, 0.1) is 5.92 Å². The van der Waals surface area contributed by atoms with Gasteiger partial charge in [-0.1, -0.05) is 49.2 Å². The zero-order chi connectivity index (χ0) is 29.6. The first kappa shape index (κ1) is 30.2. The molecule has 0 aliphatic carbocycles. The zero-order valence-corrected chi connectivity index (χ0v) is 24.2. The maximum Gasteiger partial charge on any atom is 0.266 e. The number of rotatable bonds is 11. The third-order valence-electron chi connectivity index (χ3n) is 7.13. The summed E-state index contributed by atoms with van der Waals surface area (Å²) in [5.74, 6) is -1.07. The molecule has 1 aliphatic heterocycles. The molecule has 1 fully saturated rings. The number of likely N-dealkylation sites (tertiary alicyclic amines) is 1. The number of nitrogens with one attached hydrogen (secondary N) is 2. The Labute approximate surface area is 248 Å². The summed E-state index contributed by atoms with van der Waals surface area (Å²) in [7, 11) is 0. The summed E-state index contributed by atoms with van der Waals surface area (Å²) >= 11 is 11.9. The molecule has 0 bridgehead atoms. The van der Waals surface area contributed by atoms with E-state index in [9.17, 15) is 19.6 Å². The molecule has 0 radical (unpaired) electrons. The predicted molar refractivity (Wildman–Crippen MR) is 152 cm³/mol. The van der Waals surface area contributed by atoms with Gasteiger partial charge in [0.15, 0.2) is 0 Å². The standard InChI is InChI=1S/C29H31Cl2N5O5/c1-18(2)26(27(38)35-40)36-12-9-29(28(36)39,15-25(37)33-16-19-7-10-32-11-8-19)21-3-5-22(6-4-21)41-17-20-13-23(30)34-24(31)14-20/h3-8,10-11,13-14,18,26,40H,9,12,15-17H2,1-2H3,(H,33,37)(H,35,38). The average Bonchev–Trinajstić information content (AvgIpc) is 3.26. The molecule has 4 rings (SSSR count). The van der Waals surface area contributed by atoms with Crippen LogP contribution < -0.4 is 15.5 Å². The van der Waals surface area contributed by atoms with Crippen molar-refractivity contribution in [3.05, 3.63) is 87.9 Å². The van der Waals surface area contributed by atoms with Gasteiger partial charge in [0.25, 0.3) is 5.91 Å². The van der Waals surface area contributed by atoms with Crippen molar-refractivity contribution in [3.8, 4) is 5.75 Å². The smallest absolute Gasteiger partial charge is 0.266 e. The van der Waals surface area contributed by atoms with E-state index in [2.05, 4.69) is 15.3 Å². The Morgan fingerprint density at radius 1 is 1.07 bits per heavy atom. The van der Waals surface area contributed by atoms with Gasteiger partial charge in [-0.05, 0) is 65.4 Å². The molecule has 3 heterocycles. The van der Waals surface area contributed by atoms with E-state index in [1.807, 2.05) is 0 Å². The Balaban J connectivity index is 1.58. The van der Waals surface area contributed by atoms with Gasteiger partial charge >= 0.3 is 0 Å². The summed E-state index contributed by atoms with van der Waals surface area (Å²) in [6, 6.07) is 13.0. The van der Waals surface area contributed by atoms with Crippen LogP contribution in [-0.4, -0.2) is 50.4 Å². The first-order valence-corrected chi connectivity index (χ1v) is 13.8. The van der Waals surface area contributed by atoms with Crippen LogP contribution in [0.4, 0.5) is 0 Å². The molecule has 1 aliphatic rings. The van der Waals surface area contributed by atoms with Crippen LogP contribution in [0.1, 0.15) is 43.4 Å². The van der Waals surface area contributed by atoms with Gasteiger partial charge in [-0.25, -0.2) is 10.5 Å². The third-order valence-corrected chi connectivity index (χ3v) is 7.52. The van der Waals surface area contributed by atoms with Gasteiger partial charge in [0.2, 0.25) is 11.8 Å². The number of pyridine rings is 2. The van der Waals surface area contributed by atoms with Crippen molar-refractivity contribution >= 4 is 40.9 Å². The predicted octanol–water partition coefficient (Wildman–Crippen LogP) is 4.07. The Bertz CT molecular complexity index is 1370. The maximum absolute atomic E-state index is 14.1. The SMILES string of the molecule is CC(C)C(C(=O)NO)N1CCC(CC(=O)NCc2ccncc2)(c2ccc(OCc3cc(Cl)nc(Cl)c3)cc2)C1=O. The minimum absolute atomic E-state index is 0.118. The fraction of sp³-hybridized carbons (Fsp3) is 0.345. The summed E-state index contributed by atoms with van der Waals surface area (Å²) in [6.45, 7) is 4.32. The molecule has 3 amide bonds. The molecule has 0 spiro atoms. The number of hydroxylamine groups is 1. The third kappa shape index (κ3) is 7.13. The second-order valence-corrected chi connectivity index (χ2v) is 11.0. The first-order chi connectivity index (χ1) is 19.6. The highest BCUT2D eigenvalue weighted by Gasteiger charge is 2.52.